The minimum absolute atomic E-state index is 0.0107. The smallest absolute Gasteiger partial charge is 0.231 e. The van der Waals surface area contributed by atoms with Gasteiger partial charge < -0.3 is 9.84 Å². The molecule has 2 rings (SSSR count). The van der Waals surface area contributed by atoms with Gasteiger partial charge in [0.2, 0.25) is 5.91 Å². The third-order valence-corrected chi connectivity index (χ3v) is 3.17. The first kappa shape index (κ1) is 9.86. The Labute approximate surface area is 86.9 Å². The van der Waals surface area contributed by atoms with Crippen LogP contribution in [-0.2, 0) is 9.53 Å². The van der Waals surface area contributed by atoms with Crippen molar-refractivity contribution in [2.45, 2.75) is 12.6 Å². The fourth-order valence-corrected chi connectivity index (χ4v) is 2.11. The fraction of sp³-hybridized carbons (Fsp3) is 0.667. The lowest BCUT2D eigenvalue weighted by Gasteiger charge is -2.30. The zero-order valence-corrected chi connectivity index (χ0v) is 8.63. The Morgan fingerprint density at radius 2 is 2.57 bits per heavy atom. The largest absolute Gasteiger partial charge is 0.473 e. The van der Waals surface area contributed by atoms with Crippen molar-refractivity contribution in [3.8, 4) is 0 Å². The van der Waals surface area contributed by atoms with Crippen molar-refractivity contribution in [3.05, 3.63) is 11.8 Å². The summed E-state index contributed by atoms with van der Waals surface area (Å²) in [4.78, 5) is 12.8. The molecule has 0 unspecified atom stereocenters. The summed E-state index contributed by atoms with van der Waals surface area (Å²) in [6.45, 7) is 0.838. The molecule has 0 bridgehead atoms. The SMILES string of the molecule is O=C1C[C@H]2O/C(=C/CSCCO)CN12. The molecule has 1 N–H and O–H groups in total. The first-order valence-corrected chi connectivity index (χ1v) is 5.80. The van der Waals surface area contributed by atoms with Gasteiger partial charge >= 0.3 is 0 Å². The molecule has 0 aromatic heterocycles. The molecule has 2 heterocycles. The molecule has 0 aromatic rings. The van der Waals surface area contributed by atoms with Crippen molar-refractivity contribution in [3.63, 3.8) is 0 Å². The number of aliphatic hydroxyl groups is 1. The number of fused-ring (bicyclic) bond motifs is 1. The van der Waals surface area contributed by atoms with Crippen molar-refractivity contribution < 1.29 is 14.6 Å². The van der Waals surface area contributed by atoms with Crippen LogP contribution in [0.4, 0.5) is 0 Å². The average Bonchev–Trinajstić information content (AvgIpc) is 2.50. The van der Waals surface area contributed by atoms with E-state index >= 15 is 0 Å². The monoisotopic (exact) mass is 215 g/mol. The Kier molecular flexibility index (Phi) is 2.98. The lowest BCUT2D eigenvalue weighted by atomic mass is 10.2. The lowest BCUT2D eigenvalue weighted by molar-refractivity contribution is -0.154. The van der Waals surface area contributed by atoms with Gasteiger partial charge in [0.25, 0.3) is 0 Å². The Balaban J connectivity index is 1.75. The summed E-state index contributed by atoms with van der Waals surface area (Å²) in [5.74, 6) is 2.66. The molecule has 14 heavy (non-hydrogen) atoms. The van der Waals surface area contributed by atoms with Gasteiger partial charge in [-0.1, -0.05) is 0 Å². The second-order valence-electron chi connectivity index (χ2n) is 3.27. The van der Waals surface area contributed by atoms with Gasteiger partial charge in [0.05, 0.1) is 19.6 Å². The summed E-state index contributed by atoms with van der Waals surface area (Å²) >= 11 is 1.65. The fourth-order valence-electron chi connectivity index (χ4n) is 1.51. The molecule has 1 atom stereocenters. The van der Waals surface area contributed by atoms with Gasteiger partial charge in [0, 0.05) is 11.5 Å². The summed E-state index contributed by atoms with van der Waals surface area (Å²) in [6.07, 6.45) is 2.53. The maximum atomic E-state index is 11.0. The molecule has 2 fully saturated rings. The summed E-state index contributed by atoms with van der Waals surface area (Å²) in [7, 11) is 0. The highest BCUT2D eigenvalue weighted by atomic mass is 32.2. The third kappa shape index (κ3) is 1.88. The van der Waals surface area contributed by atoms with E-state index in [1.165, 1.54) is 0 Å². The van der Waals surface area contributed by atoms with Crippen LogP contribution in [0.15, 0.2) is 11.8 Å². The molecule has 5 heteroatoms. The van der Waals surface area contributed by atoms with E-state index in [0.29, 0.717) is 13.0 Å². The highest BCUT2D eigenvalue weighted by molar-refractivity contribution is 7.99. The van der Waals surface area contributed by atoms with Crippen LogP contribution < -0.4 is 0 Å². The predicted molar refractivity (Wildman–Crippen MR) is 53.7 cm³/mol. The summed E-state index contributed by atoms with van der Waals surface area (Å²) < 4.78 is 5.50. The summed E-state index contributed by atoms with van der Waals surface area (Å²) in [5.41, 5.74) is 0. The van der Waals surface area contributed by atoms with Crippen LogP contribution in [0.1, 0.15) is 6.42 Å². The molecule has 0 radical (unpaired) electrons. The Morgan fingerprint density at radius 3 is 3.21 bits per heavy atom. The Bertz CT molecular complexity index is 267. The molecule has 2 aliphatic rings. The van der Waals surface area contributed by atoms with Gasteiger partial charge in [-0.15, -0.1) is 0 Å². The maximum Gasteiger partial charge on any atom is 0.231 e. The minimum atomic E-state index is 0.0107. The van der Waals surface area contributed by atoms with Gasteiger partial charge in [-0.2, -0.15) is 11.8 Å². The van der Waals surface area contributed by atoms with Crippen molar-refractivity contribution in [2.24, 2.45) is 0 Å². The molecule has 0 aromatic carbocycles. The zero-order chi connectivity index (χ0) is 9.97. The van der Waals surface area contributed by atoms with Crippen LogP contribution in [0.2, 0.25) is 0 Å². The van der Waals surface area contributed by atoms with E-state index in [1.807, 2.05) is 6.08 Å². The lowest BCUT2D eigenvalue weighted by Crippen LogP contribution is -2.48. The number of carbonyl (C=O) groups is 1. The van der Waals surface area contributed by atoms with Gasteiger partial charge in [-0.3, -0.25) is 9.69 Å². The molecule has 0 saturated carbocycles. The second kappa shape index (κ2) is 4.23. The van der Waals surface area contributed by atoms with Crippen LogP contribution in [0, 0.1) is 0 Å². The molecule has 0 aliphatic carbocycles. The molecule has 0 spiro atoms. The molecular weight excluding hydrogens is 202 g/mol. The van der Waals surface area contributed by atoms with E-state index in [1.54, 1.807) is 16.7 Å². The molecule has 2 saturated heterocycles. The number of ether oxygens (including phenoxy) is 1. The highest BCUT2D eigenvalue weighted by Gasteiger charge is 2.43. The summed E-state index contributed by atoms with van der Waals surface area (Å²) in [5, 5.41) is 8.56. The predicted octanol–water partition coefficient (Wildman–Crippen LogP) is 0.184. The van der Waals surface area contributed by atoms with Gasteiger partial charge in [0.15, 0.2) is 6.23 Å². The van der Waals surface area contributed by atoms with Gasteiger partial charge in [0.1, 0.15) is 5.76 Å². The van der Waals surface area contributed by atoms with Crippen molar-refractivity contribution in [2.75, 3.05) is 24.7 Å². The minimum Gasteiger partial charge on any atom is -0.473 e. The zero-order valence-electron chi connectivity index (χ0n) is 7.81. The van der Waals surface area contributed by atoms with E-state index in [9.17, 15) is 4.79 Å². The van der Waals surface area contributed by atoms with Crippen LogP contribution in [0.25, 0.3) is 0 Å². The van der Waals surface area contributed by atoms with E-state index in [-0.39, 0.29) is 18.7 Å². The van der Waals surface area contributed by atoms with Crippen LogP contribution in [-0.4, -0.2) is 46.8 Å². The van der Waals surface area contributed by atoms with E-state index < -0.39 is 0 Å². The number of hydrogen-bond acceptors (Lipinski definition) is 4. The second-order valence-corrected chi connectivity index (χ2v) is 4.42. The van der Waals surface area contributed by atoms with E-state index in [0.717, 1.165) is 17.3 Å². The normalized spacial score (nSPS) is 27.5. The van der Waals surface area contributed by atoms with E-state index in [2.05, 4.69) is 0 Å². The quantitative estimate of drug-likeness (QED) is 0.537. The van der Waals surface area contributed by atoms with E-state index in [4.69, 9.17) is 9.84 Å². The molecule has 1 amide bonds. The highest BCUT2D eigenvalue weighted by Crippen LogP contribution is 2.30. The molecule has 2 aliphatic heterocycles. The standard InChI is InChI=1S/C9H13NO3S/c11-2-4-14-3-1-7-6-10-8(12)5-9(10)13-7/h1,9,11H,2-6H2/b7-1+/t9-/m1/s1. The topological polar surface area (TPSA) is 49.8 Å². The first-order chi connectivity index (χ1) is 6.81. The number of hydrogen-bond donors (Lipinski definition) is 1. The van der Waals surface area contributed by atoms with Crippen molar-refractivity contribution >= 4 is 17.7 Å². The third-order valence-electron chi connectivity index (χ3n) is 2.30. The number of rotatable bonds is 4. The van der Waals surface area contributed by atoms with Crippen LogP contribution in [0.3, 0.4) is 0 Å². The number of amides is 1. The average molecular weight is 215 g/mol. The van der Waals surface area contributed by atoms with Gasteiger partial charge in [-0.05, 0) is 6.08 Å². The Morgan fingerprint density at radius 1 is 1.71 bits per heavy atom. The molecule has 78 valence electrons. The number of thioether (sulfide) groups is 1. The van der Waals surface area contributed by atoms with Gasteiger partial charge in [-0.25, -0.2) is 0 Å². The number of carbonyl (C=O) groups excluding carboxylic acids is 1. The summed E-state index contributed by atoms with van der Waals surface area (Å²) in [6, 6.07) is 0. The number of aliphatic hydroxyl groups excluding tert-OH is 1. The first-order valence-electron chi connectivity index (χ1n) is 4.65. The maximum absolute atomic E-state index is 11.0. The van der Waals surface area contributed by atoms with Crippen molar-refractivity contribution in [1.29, 1.82) is 0 Å². The number of β-lactam (4-membered cyclic amide) rings is 1. The molecular formula is C9H13NO3S. The van der Waals surface area contributed by atoms with Crippen molar-refractivity contribution in [1.82, 2.24) is 4.90 Å². The molecule has 4 nitrogen and oxygen atoms in total. The number of nitrogens with zero attached hydrogens (tertiary/aromatic N) is 1. The van der Waals surface area contributed by atoms with Crippen LogP contribution >= 0.6 is 11.8 Å². The Hall–Kier alpha value is -0.680. The van der Waals surface area contributed by atoms with Crippen LogP contribution in [0.5, 0.6) is 0 Å².